The van der Waals surface area contributed by atoms with E-state index in [-0.39, 0.29) is 12.0 Å². The van der Waals surface area contributed by atoms with Crippen LogP contribution in [0.3, 0.4) is 0 Å². The summed E-state index contributed by atoms with van der Waals surface area (Å²) in [5.74, 6) is 0.0151. The summed E-state index contributed by atoms with van der Waals surface area (Å²) in [5.41, 5.74) is 6.60. The van der Waals surface area contributed by atoms with Crippen LogP contribution in [0, 0.1) is 11.9 Å². The molecule has 0 saturated heterocycles. The Balaban J connectivity index is 2.76. The van der Waals surface area contributed by atoms with Crippen molar-refractivity contribution in [2.45, 2.75) is 19.9 Å². The Morgan fingerprint density at radius 1 is 1.55 bits per heavy atom. The summed E-state index contributed by atoms with van der Waals surface area (Å²) in [7, 11) is 0. The molecule has 2 nitrogen and oxygen atoms in total. The zero-order chi connectivity index (χ0) is 8.43. The average molecular weight is 156 g/mol. The Kier molecular flexibility index (Phi) is 2.29. The molecule has 62 valence electrons. The normalized spacial score (nSPS) is 13.9. The van der Waals surface area contributed by atoms with Gasteiger partial charge in [0.05, 0.1) is 0 Å². The molecule has 0 aliphatic rings. The first kappa shape index (κ1) is 8.27. The van der Waals surface area contributed by atoms with Crippen molar-refractivity contribution in [2.24, 2.45) is 11.7 Å². The first-order valence-corrected chi connectivity index (χ1v) is 3.70. The van der Waals surface area contributed by atoms with Gasteiger partial charge in [0.1, 0.15) is 0 Å². The molecule has 0 aliphatic carbocycles. The van der Waals surface area contributed by atoms with Gasteiger partial charge in [0.2, 0.25) is 0 Å². The molecule has 0 saturated carbocycles. The second kappa shape index (κ2) is 3.05. The number of nitrogens with two attached hydrogens (primary N) is 1. The zero-order valence-electron chi connectivity index (χ0n) is 6.76. The van der Waals surface area contributed by atoms with Crippen molar-refractivity contribution >= 4 is 0 Å². The molecular weight excluding hydrogens is 143 g/mol. The first-order valence-electron chi connectivity index (χ1n) is 3.70. The molecule has 1 heterocycles. The van der Waals surface area contributed by atoms with Crippen molar-refractivity contribution in [3.8, 4) is 0 Å². The summed E-state index contributed by atoms with van der Waals surface area (Å²) in [6, 6.07) is 1.36. The summed E-state index contributed by atoms with van der Waals surface area (Å²) in [5, 5.41) is 0. The van der Waals surface area contributed by atoms with E-state index in [0.29, 0.717) is 5.92 Å². The fraction of sp³-hybridized carbons (Fsp3) is 0.500. The van der Waals surface area contributed by atoms with Crippen LogP contribution in [0.5, 0.6) is 0 Å². The van der Waals surface area contributed by atoms with Gasteiger partial charge < -0.3 is 10.7 Å². The van der Waals surface area contributed by atoms with Gasteiger partial charge in [-0.1, -0.05) is 13.8 Å². The van der Waals surface area contributed by atoms with Crippen LogP contribution in [0.1, 0.15) is 25.5 Å². The lowest BCUT2D eigenvalue weighted by molar-refractivity contribution is 0.513. The number of hydrogen-bond donors (Lipinski definition) is 2. The molecule has 1 aromatic heterocycles. The molecule has 0 aromatic carbocycles. The molecule has 0 spiro atoms. The maximum atomic E-state index is 12.4. The maximum absolute atomic E-state index is 12.4. The Morgan fingerprint density at radius 2 is 2.18 bits per heavy atom. The topological polar surface area (TPSA) is 41.8 Å². The lowest BCUT2D eigenvalue weighted by Gasteiger charge is -2.12. The third-order valence-electron chi connectivity index (χ3n) is 1.77. The van der Waals surface area contributed by atoms with Crippen LogP contribution in [0.4, 0.5) is 4.39 Å². The number of H-pyrrole nitrogens is 1. The SMILES string of the molecule is CC(C)[C@H](N)c1c[nH]c(F)c1. The summed E-state index contributed by atoms with van der Waals surface area (Å²) in [4.78, 5) is 2.46. The van der Waals surface area contributed by atoms with Gasteiger partial charge in [0.25, 0.3) is 0 Å². The molecule has 0 radical (unpaired) electrons. The van der Waals surface area contributed by atoms with Crippen molar-refractivity contribution < 1.29 is 4.39 Å². The van der Waals surface area contributed by atoms with E-state index in [4.69, 9.17) is 5.73 Å². The third kappa shape index (κ3) is 1.80. The molecule has 1 atom stereocenters. The van der Waals surface area contributed by atoms with Crippen molar-refractivity contribution in [1.29, 1.82) is 0 Å². The number of hydrogen-bond acceptors (Lipinski definition) is 1. The molecule has 3 N–H and O–H groups in total. The van der Waals surface area contributed by atoms with E-state index in [2.05, 4.69) is 4.98 Å². The molecule has 0 bridgehead atoms. The van der Waals surface area contributed by atoms with Gasteiger partial charge in [-0.3, -0.25) is 0 Å². The predicted molar refractivity (Wildman–Crippen MR) is 42.5 cm³/mol. The third-order valence-corrected chi connectivity index (χ3v) is 1.77. The van der Waals surface area contributed by atoms with Gasteiger partial charge in [-0.2, -0.15) is 4.39 Å². The maximum Gasteiger partial charge on any atom is 0.191 e. The van der Waals surface area contributed by atoms with E-state index in [9.17, 15) is 4.39 Å². The highest BCUT2D eigenvalue weighted by atomic mass is 19.1. The van der Waals surface area contributed by atoms with Crippen molar-refractivity contribution in [3.05, 3.63) is 23.8 Å². The molecule has 0 fully saturated rings. The van der Waals surface area contributed by atoms with Crippen LogP contribution >= 0.6 is 0 Å². The molecule has 0 unspecified atom stereocenters. The predicted octanol–water partition coefficient (Wildman–Crippen LogP) is 1.81. The second-order valence-electron chi connectivity index (χ2n) is 3.05. The van der Waals surface area contributed by atoms with Gasteiger partial charge >= 0.3 is 0 Å². The van der Waals surface area contributed by atoms with Gasteiger partial charge in [-0.05, 0) is 17.5 Å². The van der Waals surface area contributed by atoms with Crippen molar-refractivity contribution in [2.75, 3.05) is 0 Å². The minimum Gasteiger partial charge on any atom is -0.338 e. The Morgan fingerprint density at radius 3 is 2.55 bits per heavy atom. The van der Waals surface area contributed by atoms with Crippen LogP contribution in [0.15, 0.2) is 12.3 Å². The Bertz CT molecular complexity index is 230. The minimum atomic E-state index is -0.323. The highest BCUT2D eigenvalue weighted by Gasteiger charge is 2.11. The highest BCUT2D eigenvalue weighted by Crippen LogP contribution is 2.18. The largest absolute Gasteiger partial charge is 0.338 e. The van der Waals surface area contributed by atoms with Crippen LogP contribution in [-0.2, 0) is 0 Å². The zero-order valence-corrected chi connectivity index (χ0v) is 6.76. The molecule has 3 heteroatoms. The molecule has 0 aliphatic heterocycles. The molecule has 1 aromatic rings. The first-order chi connectivity index (χ1) is 5.11. The van der Waals surface area contributed by atoms with Gasteiger partial charge in [-0.15, -0.1) is 0 Å². The number of aromatic nitrogens is 1. The van der Waals surface area contributed by atoms with Crippen LogP contribution in [0.25, 0.3) is 0 Å². The minimum absolute atomic E-state index is 0.0734. The summed E-state index contributed by atoms with van der Waals surface area (Å²) >= 11 is 0. The van der Waals surface area contributed by atoms with E-state index in [1.807, 2.05) is 13.8 Å². The van der Waals surface area contributed by atoms with Crippen molar-refractivity contribution in [1.82, 2.24) is 4.98 Å². The van der Waals surface area contributed by atoms with E-state index in [1.54, 1.807) is 6.20 Å². The van der Waals surface area contributed by atoms with E-state index >= 15 is 0 Å². The molecule has 1 rings (SSSR count). The average Bonchev–Trinajstić information content (AvgIpc) is 2.34. The van der Waals surface area contributed by atoms with Crippen LogP contribution in [0.2, 0.25) is 0 Å². The fourth-order valence-electron chi connectivity index (χ4n) is 0.959. The molecule has 11 heavy (non-hydrogen) atoms. The fourth-order valence-corrected chi connectivity index (χ4v) is 0.959. The quantitative estimate of drug-likeness (QED) is 0.673. The standard InChI is InChI=1S/C8H13FN2/c1-5(2)8(10)6-3-7(9)11-4-6/h3-5,8,11H,10H2,1-2H3/t8-/m0/s1. The number of aromatic amines is 1. The lowest BCUT2D eigenvalue weighted by Crippen LogP contribution is -2.15. The number of halogens is 1. The Labute approximate surface area is 65.6 Å². The second-order valence-corrected chi connectivity index (χ2v) is 3.05. The summed E-state index contributed by atoms with van der Waals surface area (Å²) in [6.45, 7) is 4.02. The molecular formula is C8H13FN2. The monoisotopic (exact) mass is 156 g/mol. The van der Waals surface area contributed by atoms with Crippen molar-refractivity contribution in [3.63, 3.8) is 0 Å². The van der Waals surface area contributed by atoms with E-state index in [0.717, 1.165) is 5.56 Å². The van der Waals surface area contributed by atoms with Crippen LogP contribution in [-0.4, -0.2) is 4.98 Å². The number of rotatable bonds is 2. The Hall–Kier alpha value is -0.830. The summed E-state index contributed by atoms with van der Waals surface area (Å²) < 4.78 is 12.4. The van der Waals surface area contributed by atoms with Crippen LogP contribution < -0.4 is 5.73 Å². The van der Waals surface area contributed by atoms with Gasteiger partial charge in [-0.25, -0.2) is 0 Å². The summed E-state index contributed by atoms with van der Waals surface area (Å²) in [6.07, 6.45) is 1.61. The lowest BCUT2D eigenvalue weighted by atomic mass is 10.00. The van der Waals surface area contributed by atoms with E-state index < -0.39 is 0 Å². The smallest absolute Gasteiger partial charge is 0.191 e. The molecule has 0 amide bonds. The highest BCUT2D eigenvalue weighted by molar-refractivity contribution is 5.14. The van der Waals surface area contributed by atoms with Gasteiger partial charge in [0, 0.05) is 12.2 Å². The van der Waals surface area contributed by atoms with Gasteiger partial charge in [0.15, 0.2) is 5.95 Å². The van der Waals surface area contributed by atoms with E-state index in [1.165, 1.54) is 6.07 Å². The number of nitrogens with one attached hydrogen (secondary N) is 1.